The van der Waals surface area contributed by atoms with E-state index < -0.39 is 10.0 Å². The summed E-state index contributed by atoms with van der Waals surface area (Å²) in [7, 11) is -3.66. The molecule has 0 aliphatic carbocycles. The van der Waals surface area contributed by atoms with Gasteiger partial charge in [-0.3, -0.25) is 0 Å². The van der Waals surface area contributed by atoms with Crippen molar-refractivity contribution in [2.24, 2.45) is 5.92 Å². The topological polar surface area (TPSA) is 81.4 Å². The van der Waals surface area contributed by atoms with Crippen molar-refractivity contribution in [3.63, 3.8) is 0 Å². The molecule has 0 unspecified atom stereocenters. The molecule has 1 aromatic carbocycles. The third kappa shape index (κ3) is 6.23. The van der Waals surface area contributed by atoms with Crippen LogP contribution in [0.25, 0.3) is 0 Å². The number of nitrogen functional groups attached to an aromatic ring is 1. The molecule has 120 valence electrons. The molecule has 5 nitrogen and oxygen atoms in total. The third-order valence-corrected chi connectivity index (χ3v) is 5.61. The smallest absolute Gasteiger partial charge is 0.243 e. The number of anilines is 1. The fourth-order valence-corrected chi connectivity index (χ4v) is 4.68. The van der Waals surface area contributed by atoms with Crippen LogP contribution in [0.4, 0.5) is 5.69 Å². The highest BCUT2D eigenvalue weighted by Gasteiger charge is 2.21. The van der Waals surface area contributed by atoms with E-state index in [1.807, 2.05) is 0 Å². The minimum absolute atomic E-state index is 0.0490. The van der Waals surface area contributed by atoms with E-state index in [4.69, 9.17) is 10.5 Å². The predicted molar refractivity (Wildman–Crippen MR) is 91.7 cm³/mol. The van der Waals surface area contributed by atoms with Crippen LogP contribution in [0, 0.1) is 5.92 Å². The number of nitrogens with one attached hydrogen (secondary N) is 1. The van der Waals surface area contributed by atoms with Crippen molar-refractivity contribution in [2.75, 3.05) is 25.5 Å². The van der Waals surface area contributed by atoms with Gasteiger partial charge in [-0.05, 0) is 40.4 Å². The number of hydrogen-bond donors (Lipinski definition) is 2. The fraction of sp³-hybridized carbons (Fsp3) is 0.538. The summed E-state index contributed by atoms with van der Waals surface area (Å²) in [6, 6.07) is 3.20. The van der Waals surface area contributed by atoms with Crippen LogP contribution < -0.4 is 10.5 Å². The van der Waals surface area contributed by atoms with Gasteiger partial charge in [0.1, 0.15) is 4.90 Å². The molecule has 1 aromatic rings. The summed E-state index contributed by atoms with van der Waals surface area (Å²) >= 11 is 6.48. The molecule has 21 heavy (non-hydrogen) atoms. The lowest BCUT2D eigenvalue weighted by Gasteiger charge is -2.12. The van der Waals surface area contributed by atoms with Gasteiger partial charge in [0.25, 0.3) is 0 Å². The van der Waals surface area contributed by atoms with Gasteiger partial charge in [-0.15, -0.1) is 0 Å². The average Bonchev–Trinajstić information content (AvgIpc) is 2.31. The van der Waals surface area contributed by atoms with E-state index in [1.54, 1.807) is 12.1 Å². The SMILES string of the molecule is CC(C)CCOCCNS(=O)(=O)c1c(N)cc(Br)cc1Br. The van der Waals surface area contributed by atoms with E-state index in [0.717, 1.165) is 6.42 Å². The molecule has 8 heteroatoms. The molecule has 0 saturated heterocycles. The number of ether oxygens (including phenoxy) is 1. The molecule has 0 fully saturated rings. The Bertz CT molecular complexity index is 554. The molecule has 0 heterocycles. The first kappa shape index (κ1) is 18.9. The highest BCUT2D eigenvalue weighted by atomic mass is 79.9. The fourth-order valence-electron chi connectivity index (χ4n) is 1.61. The standard InChI is InChI=1S/C13H20Br2N2O3S/c1-9(2)3-5-20-6-4-17-21(18,19)13-11(15)7-10(14)8-12(13)16/h7-9,17H,3-6,16H2,1-2H3. The molecule has 0 aliphatic rings. The van der Waals surface area contributed by atoms with Gasteiger partial charge in [-0.25, -0.2) is 13.1 Å². The normalized spacial score (nSPS) is 12.0. The molecule has 0 bridgehead atoms. The Labute approximate surface area is 142 Å². The van der Waals surface area contributed by atoms with Crippen molar-refractivity contribution in [1.82, 2.24) is 4.72 Å². The first-order chi connectivity index (χ1) is 9.74. The summed E-state index contributed by atoms with van der Waals surface area (Å²) in [5.41, 5.74) is 5.97. The Balaban J connectivity index is 2.59. The number of sulfonamides is 1. The van der Waals surface area contributed by atoms with Gasteiger partial charge in [-0.1, -0.05) is 29.8 Å². The van der Waals surface area contributed by atoms with Crippen LogP contribution in [0.15, 0.2) is 26.0 Å². The van der Waals surface area contributed by atoms with Crippen LogP contribution in [0.3, 0.4) is 0 Å². The van der Waals surface area contributed by atoms with Gasteiger partial charge < -0.3 is 10.5 Å². The second-order valence-electron chi connectivity index (χ2n) is 5.00. The Morgan fingerprint density at radius 1 is 1.29 bits per heavy atom. The van der Waals surface area contributed by atoms with Crippen molar-refractivity contribution in [3.8, 4) is 0 Å². The van der Waals surface area contributed by atoms with Crippen molar-refractivity contribution in [3.05, 3.63) is 21.1 Å². The molecule has 3 N–H and O–H groups in total. The Kier molecular flexibility index (Phi) is 7.63. The summed E-state index contributed by atoms with van der Waals surface area (Å²) in [5.74, 6) is 0.570. The first-order valence-corrected chi connectivity index (χ1v) is 9.63. The second kappa shape index (κ2) is 8.47. The Morgan fingerprint density at radius 3 is 2.52 bits per heavy atom. The molecule has 0 aromatic heterocycles. The molecule has 1 rings (SSSR count). The molecule has 0 atom stereocenters. The number of nitrogens with two attached hydrogens (primary N) is 1. The van der Waals surface area contributed by atoms with E-state index in [2.05, 4.69) is 50.4 Å². The van der Waals surface area contributed by atoms with Crippen LogP contribution in [-0.2, 0) is 14.8 Å². The summed E-state index contributed by atoms with van der Waals surface area (Å²) in [4.78, 5) is 0.0490. The van der Waals surface area contributed by atoms with Gasteiger partial charge in [0.2, 0.25) is 10.0 Å². The summed E-state index contributed by atoms with van der Waals surface area (Å²) in [6.45, 7) is 5.39. The summed E-state index contributed by atoms with van der Waals surface area (Å²) < 4.78 is 33.5. The van der Waals surface area contributed by atoms with Crippen molar-refractivity contribution in [1.29, 1.82) is 0 Å². The van der Waals surface area contributed by atoms with Crippen LogP contribution in [0.2, 0.25) is 0 Å². The van der Waals surface area contributed by atoms with Gasteiger partial charge in [0.05, 0.1) is 12.3 Å². The maximum absolute atomic E-state index is 12.2. The molecule has 0 radical (unpaired) electrons. The van der Waals surface area contributed by atoms with E-state index in [1.165, 1.54) is 0 Å². The van der Waals surface area contributed by atoms with Crippen LogP contribution in [0.5, 0.6) is 0 Å². The number of rotatable bonds is 8. The lowest BCUT2D eigenvalue weighted by Crippen LogP contribution is -2.28. The molecule has 0 amide bonds. The zero-order valence-electron chi connectivity index (χ0n) is 12.0. The highest BCUT2D eigenvalue weighted by molar-refractivity contribution is 9.11. The minimum atomic E-state index is -3.66. The molecular weight excluding hydrogens is 424 g/mol. The summed E-state index contributed by atoms with van der Waals surface area (Å²) in [6.07, 6.45) is 0.956. The van der Waals surface area contributed by atoms with Crippen LogP contribution >= 0.6 is 31.9 Å². The van der Waals surface area contributed by atoms with Crippen molar-refractivity contribution < 1.29 is 13.2 Å². The molecular formula is C13H20Br2N2O3S. The van der Waals surface area contributed by atoms with Gasteiger partial charge in [0.15, 0.2) is 0 Å². The van der Waals surface area contributed by atoms with Crippen LogP contribution in [0.1, 0.15) is 20.3 Å². The maximum atomic E-state index is 12.2. The zero-order chi connectivity index (χ0) is 16.0. The minimum Gasteiger partial charge on any atom is -0.398 e. The average molecular weight is 444 g/mol. The van der Waals surface area contributed by atoms with E-state index in [-0.39, 0.29) is 17.1 Å². The van der Waals surface area contributed by atoms with Gasteiger partial charge in [0, 0.05) is 22.1 Å². The van der Waals surface area contributed by atoms with E-state index in [9.17, 15) is 8.42 Å². The zero-order valence-corrected chi connectivity index (χ0v) is 16.0. The van der Waals surface area contributed by atoms with Crippen molar-refractivity contribution in [2.45, 2.75) is 25.2 Å². The summed E-state index contributed by atoms with van der Waals surface area (Å²) in [5, 5.41) is 0. The lowest BCUT2D eigenvalue weighted by molar-refractivity contribution is 0.128. The maximum Gasteiger partial charge on any atom is 0.243 e. The lowest BCUT2D eigenvalue weighted by atomic mass is 10.1. The van der Waals surface area contributed by atoms with Gasteiger partial charge >= 0.3 is 0 Å². The molecule has 0 saturated carbocycles. The first-order valence-electron chi connectivity index (χ1n) is 6.56. The number of benzene rings is 1. The molecule has 0 aliphatic heterocycles. The number of hydrogen-bond acceptors (Lipinski definition) is 4. The Hall–Kier alpha value is -0.150. The van der Waals surface area contributed by atoms with Crippen molar-refractivity contribution >= 4 is 47.6 Å². The van der Waals surface area contributed by atoms with E-state index >= 15 is 0 Å². The molecule has 0 spiro atoms. The third-order valence-electron chi connectivity index (χ3n) is 2.68. The largest absolute Gasteiger partial charge is 0.398 e. The van der Waals surface area contributed by atoms with Crippen LogP contribution in [-0.4, -0.2) is 28.2 Å². The highest BCUT2D eigenvalue weighted by Crippen LogP contribution is 2.31. The van der Waals surface area contributed by atoms with E-state index in [0.29, 0.717) is 28.1 Å². The van der Waals surface area contributed by atoms with Gasteiger partial charge in [-0.2, -0.15) is 0 Å². The number of halogens is 2. The Morgan fingerprint density at radius 2 is 1.95 bits per heavy atom. The second-order valence-corrected chi connectivity index (χ2v) is 8.47. The predicted octanol–water partition coefficient (Wildman–Crippen LogP) is 3.13. The monoisotopic (exact) mass is 442 g/mol. The quantitative estimate of drug-likeness (QED) is 0.477.